The van der Waals surface area contributed by atoms with E-state index in [4.69, 9.17) is 0 Å². The Balaban J connectivity index is 2.03. The second-order valence-electron chi connectivity index (χ2n) is 4.80. The highest BCUT2D eigenvalue weighted by Gasteiger charge is 2.28. The molecule has 3 rings (SSSR count). The summed E-state index contributed by atoms with van der Waals surface area (Å²) in [6.07, 6.45) is 6.38. The number of nitrogens with one attached hydrogen (secondary N) is 1. The zero-order chi connectivity index (χ0) is 10.3. The van der Waals surface area contributed by atoms with Gasteiger partial charge in [-0.2, -0.15) is 0 Å². The molecule has 2 unspecified atom stereocenters. The number of rotatable bonds is 0. The van der Waals surface area contributed by atoms with E-state index in [9.17, 15) is 0 Å². The molecule has 1 heteroatoms. The Morgan fingerprint density at radius 2 is 2.13 bits per heavy atom. The van der Waals surface area contributed by atoms with Gasteiger partial charge in [0.15, 0.2) is 0 Å². The quantitative estimate of drug-likeness (QED) is 0.672. The smallest absolute Gasteiger partial charge is 0.0502 e. The van der Waals surface area contributed by atoms with Crippen LogP contribution in [0, 0.1) is 5.92 Å². The van der Waals surface area contributed by atoms with E-state index in [1.807, 2.05) is 0 Å². The van der Waals surface area contributed by atoms with E-state index in [-0.39, 0.29) is 0 Å². The van der Waals surface area contributed by atoms with Crippen LogP contribution in [0.1, 0.15) is 31.7 Å². The topological polar surface area (TPSA) is 12.0 Å². The van der Waals surface area contributed by atoms with Crippen molar-refractivity contribution in [3.05, 3.63) is 35.4 Å². The number of hydrogen-bond donors (Lipinski definition) is 1. The molecule has 1 nitrogen and oxygen atoms in total. The van der Waals surface area contributed by atoms with Crippen molar-refractivity contribution < 1.29 is 0 Å². The lowest BCUT2D eigenvalue weighted by Gasteiger charge is -2.36. The van der Waals surface area contributed by atoms with Crippen LogP contribution in [0.5, 0.6) is 0 Å². The zero-order valence-electron chi connectivity index (χ0n) is 9.16. The molecule has 0 bridgehead atoms. The van der Waals surface area contributed by atoms with Gasteiger partial charge in [0.05, 0.1) is 6.04 Å². The van der Waals surface area contributed by atoms with Crippen LogP contribution in [0.3, 0.4) is 0 Å². The average Bonchev–Trinajstić information content (AvgIpc) is 2.27. The molecule has 78 valence electrons. The van der Waals surface area contributed by atoms with Crippen molar-refractivity contribution in [2.45, 2.75) is 32.2 Å². The van der Waals surface area contributed by atoms with E-state index in [1.165, 1.54) is 30.5 Å². The van der Waals surface area contributed by atoms with Gasteiger partial charge in [0.25, 0.3) is 0 Å². The van der Waals surface area contributed by atoms with E-state index in [0.29, 0.717) is 6.04 Å². The lowest BCUT2D eigenvalue weighted by atomic mass is 9.79. The Morgan fingerprint density at radius 1 is 1.27 bits per heavy atom. The van der Waals surface area contributed by atoms with Gasteiger partial charge in [-0.15, -0.1) is 0 Å². The maximum Gasteiger partial charge on any atom is 0.0502 e. The van der Waals surface area contributed by atoms with Gasteiger partial charge < -0.3 is 5.32 Å². The van der Waals surface area contributed by atoms with Crippen molar-refractivity contribution in [2.75, 3.05) is 5.32 Å². The fourth-order valence-electron chi connectivity index (χ4n) is 2.83. The van der Waals surface area contributed by atoms with Gasteiger partial charge in [-0.3, -0.25) is 0 Å². The minimum atomic E-state index is 0.591. The van der Waals surface area contributed by atoms with Crippen molar-refractivity contribution in [1.29, 1.82) is 0 Å². The zero-order valence-corrected chi connectivity index (χ0v) is 9.16. The van der Waals surface area contributed by atoms with Crippen LogP contribution in [-0.4, -0.2) is 6.04 Å². The van der Waals surface area contributed by atoms with E-state index >= 15 is 0 Å². The van der Waals surface area contributed by atoms with Crippen molar-refractivity contribution >= 4 is 11.8 Å². The summed E-state index contributed by atoms with van der Waals surface area (Å²) in [5, 5.41) is 3.68. The molecule has 0 spiro atoms. The lowest BCUT2D eigenvalue weighted by Crippen LogP contribution is -2.34. The second kappa shape index (κ2) is 3.41. The van der Waals surface area contributed by atoms with Gasteiger partial charge in [0.1, 0.15) is 0 Å². The van der Waals surface area contributed by atoms with Gasteiger partial charge in [0.2, 0.25) is 0 Å². The summed E-state index contributed by atoms with van der Waals surface area (Å²) in [4.78, 5) is 0. The summed E-state index contributed by atoms with van der Waals surface area (Å²) in [5.41, 5.74) is 4.27. The normalized spacial score (nSPS) is 28.5. The molecule has 1 heterocycles. The van der Waals surface area contributed by atoms with E-state index < -0.39 is 0 Å². The highest BCUT2D eigenvalue weighted by molar-refractivity contribution is 5.73. The Bertz CT molecular complexity index is 406. The molecule has 0 aromatic heterocycles. The number of anilines is 1. The molecule has 15 heavy (non-hydrogen) atoms. The first-order valence-corrected chi connectivity index (χ1v) is 5.90. The van der Waals surface area contributed by atoms with Gasteiger partial charge in [0, 0.05) is 5.69 Å². The molecule has 2 aliphatic rings. The third-order valence-electron chi connectivity index (χ3n) is 3.71. The van der Waals surface area contributed by atoms with Crippen LogP contribution in [-0.2, 0) is 0 Å². The molecular formula is C14H17N. The molecule has 1 aliphatic heterocycles. The Kier molecular flexibility index (Phi) is 2.05. The number of fused-ring (bicyclic) bond motifs is 2. The highest BCUT2D eigenvalue weighted by atomic mass is 14.9. The fourth-order valence-corrected chi connectivity index (χ4v) is 2.83. The van der Waals surface area contributed by atoms with Crippen LogP contribution < -0.4 is 5.32 Å². The fraction of sp³-hybridized carbons (Fsp3) is 0.429. The van der Waals surface area contributed by atoms with Crippen molar-refractivity contribution in [3.8, 4) is 0 Å². The lowest BCUT2D eigenvalue weighted by molar-refractivity contribution is 0.418. The predicted octanol–water partition coefficient (Wildman–Crippen LogP) is 3.68. The van der Waals surface area contributed by atoms with Crippen LogP contribution in [0.25, 0.3) is 6.08 Å². The first-order valence-electron chi connectivity index (χ1n) is 5.90. The van der Waals surface area contributed by atoms with Gasteiger partial charge in [-0.25, -0.2) is 0 Å². The minimum Gasteiger partial charge on any atom is -0.378 e. The SMILES string of the molecule is CC1CCCC2=Cc3ccccc3NC21. The van der Waals surface area contributed by atoms with Crippen LogP contribution in [0.2, 0.25) is 0 Å². The van der Waals surface area contributed by atoms with Crippen molar-refractivity contribution in [2.24, 2.45) is 5.92 Å². The Morgan fingerprint density at radius 3 is 3.07 bits per heavy atom. The third kappa shape index (κ3) is 1.46. The number of benzene rings is 1. The summed E-state index contributed by atoms with van der Waals surface area (Å²) in [7, 11) is 0. The van der Waals surface area contributed by atoms with Gasteiger partial charge in [-0.1, -0.05) is 31.2 Å². The van der Waals surface area contributed by atoms with Crippen LogP contribution in [0.4, 0.5) is 5.69 Å². The maximum absolute atomic E-state index is 3.68. The molecular weight excluding hydrogens is 182 g/mol. The standard InChI is InChI=1S/C14H17N/c1-10-5-4-7-12-9-11-6-2-3-8-13(11)15-14(10)12/h2-3,6,8-10,14-15H,4-5,7H2,1H3. The molecule has 0 saturated heterocycles. The first kappa shape index (κ1) is 9.02. The highest BCUT2D eigenvalue weighted by Crippen LogP contribution is 2.37. The summed E-state index contributed by atoms with van der Waals surface area (Å²) in [6, 6.07) is 9.20. The molecule has 1 aliphatic carbocycles. The largest absolute Gasteiger partial charge is 0.378 e. The molecule has 1 aromatic carbocycles. The summed E-state index contributed by atoms with van der Waals surface area (Å²) in [6.45, 7) is 2.36. The monoisotopic (exact) mass is 199 g/mol. The summed E-state index contributed by atoms with van der Waals surface area (Å²) in [5.74, 6) is 0.776. The number of hydrogen-bond acceptors (Lipinski definition) is 1. The molecule has 2 atom stereocenters. The van der Waals surface area contributed by atoms with E-state index in [2.05, 4.69) is 42.6 Å². The summed E-state index contributed by atoms with van der Waals surface area (Å²) >= 11 is 0. The molecule has 1 N–H and O–H groups in total. The Labute approximate surface area is 91.2 Å². The molecule has 0 radical (unpaired) electrons. The van der Waals surface area contributed by atoms with Crippen molar-refractivity contribution in [1.82, 2.24) is 0 Å². The maximum atomic E-state index is 3.68. The Hall–Kier alpha value is -1.24. The summed E-state index contributed by atoms with van der Waals surface area (Å²) < 4.78 is 0. The molecule has 0 amide bonds. The van der Waals surface area contributed by atoms with Crippen LogP contribution in [0.15, 0.2) is 29.8 Å². The number of para-hydroxylation sites is 1. The second-order valence-corrected chi connectivity index (χ2v) is 4.80. The van der Waals surface area contributed by atoms with Crippen molar-refractivity contribution in [3.63, 3.8) is 0 Å². The predicted molar refractivity (Wildman–Crippen MR) is 64.8 cm³/mol. The third-order valence-corrected chi connectivity index (χ3v) is 3.71. The minimum absolute atomic E-state index is 0.591. The van der Waals surface area contributed by atoms with Crippen LogP contribution >= 0.6 is 0 Å². The van der Waals surface area contributed by atoms with E-state index in [1.54, 1.807) is 5.57 Å². The average molecular weight is 199 g/mol. The van der Waals surface area contributed by atoms with E-state index in [0.717, 1.165) is 5.92 Å². The molecule has 1 saturated carbocycles. The van der Waals surface area contributed by atoms with Gasteiger partial charge >= 0.3 is 0 Å². The molecule has 1 fully saturated rings. The first-order chi connectivity index (χ1) is 7.34. The van der Waals surface area contributed by atoms with Gasteiger partial charge in [-0.05, 0) is 42.4 Å². The molecule has 1 aromatic rings.